The molecule has 3 aromatic rings. The van der Waals surface area contributed by atoms with Gasteiger partial charge in [-0.05, 0) is 67.1 Å². The Morgan fingerprint density at radius 3 is 2.77 bits per heavy atom. The SMILES string of the molecule is Cc1cc(Sc2ncccn2)ccc1NC(=O)C12CCC(=O)N1c1ccccc1S2. The van der Waals surface area contributed by atoms with E-state index in [1.54, 1.807) is 23.4 Å². The molecule has 8 heteroatoms. The Labute approximate surface area is 182 Å². The molecule has 0 bridgehead atoms. The molecule has 2 aliphatic heterocycles. The fraction of sp³-hybridized carbons (Fsp3) is 0.182. The average molecular weight is 435 g/mol. The van der Waals surface area contributed by atoms with Gasteiger partial charge in [-0.1, -0.05) is 23.9 Å². The minimum atomic E-state index is -0.918. The van der Waals surface area contributed by atoms with E-state index in [0.29, 0.717) is 18.0 Å². The maximum absolute atomic E-state index is 13.4. The second-order valence-corrected chi connectivity index (χ2v) is 9.51. The third-order valence-corrected chi connectivity index (χ3v) is 7.58. The van der Waals surface area contributed by atoms with Gasteiger partial charge < -0.3 is 5.32 Å². The van der Waals surface area contributed by atoms with Gasteiger partial charge in [0.15, 0.2) is 10.0 Å². The molecule has 1 aromatic heterocycles. The number of benzene rings is 2. The number of hydrogen-bond donors (Lipinski definition) is 1. The molecular formula is C22H18N4O2S2. The van der Waals surface area contributed by atoms with Crippen molar-refractivity contribution in [3.8, 4) is 0 Å². The maximum Gasteiger partial charge on any atom is 0.261 e. The number of carbonyl (C=O) groups is 2. The van der Waals surface area contributed by atoms with E-state index < -0.39 is 4.87 Å². The largest absolute Gasteiger partial charge is 0.323 e. The lowest BCUT2D eigenvalue weighted by molar-refractivity contribution is -0.121. The molecule has 0 radical (unpaired) electrons. The second-order valence-electron chi connectivity index (χ2n) is 7.15. The van der Waals surface area contributed by atoms with Crippen molar-refractivity contribution in [3.63, 3.8) is 0 Å². The van der Waals surface area contributed by atoms with Crippen LogP contribution >= 0.6 is 23.5 Å². The van der Waals surface area contributed by atoms with Crippen LogP contribution in [0.1, 0.15) is 18.4 Å². The molecule has 1 fully saturated rings. The lowest BCUT2D eigenvalue weighted by Gasteiger charge is -2.30. The van der Waals surface area contributed by atoms with Gasteiger partial charge in [0.1, 0.15) is 0 Å². The van der Waals surface area contributed by atoms with Gasteiger partial charge in [-0.25, -0.2) is 9.97 Å². The lowest BCUT2D eigenvalue weighted by atomic mass is 10.1. The van der Waals surface area contributed by atoms with Crippen LogP contribution < -0.4 is 10.2 Å². The number of anilines is 2. The standard InChI is InChI=1S/C22H18N4O2S2/c1-14-13-15(29-21-23-11-4-12-24-21)7-8-16(14)25-20(28)22-10-9-19(27)26(22)17-5-2-3-6-18(17)30-22/h2-8,11-13H,9-10H2,1H3,(H,25,28). The summed E-state index contributed by atoms with van der Waals surface area (Å²) in [5, 5.41) is 3.74. The Bertz CT molecular complexity index is 1150. The summed E-state index contributed by atoms with van der Waals surface area (Å²) < 4.78 is 0. The van der Waals surface area contributed by atoms with E-state index in [-0.39, 0.29) is 11.8 Å². The number of fused-ring (bicyclic) bond motifs is 3. The lowest BCUT2D eigenvalue weighted by Crippen LogP contribution is -2.49. The molecule has 0 saturated carbocycles. The van der Waals surface area contributed by atoms with Crippen molar-refractivity contribution in [1.82, 2.24) is 9.97 Å². The number of nitrogens with zero attached hydrogens (tertiary/aromatic N) is 3. The molecule has 0 aliphatic carbocycles. The van der Waals surface area contributed by atoms with Gasteiger partial charge in [0, 0.05) is 34.3 Å². The van der Waals surface area contributed by atoms with E-state index in [4.69, 9.17) is 0 Å². The fourth-order valence-electron chi connectivity index (χ4n) is 3.80. The normalized spacial score (nSPS) is 19.5. The van der Waals surface area contributed by atoms with Crippen molar-refractivity contribution in [2.24, 2.45) is 0 Å². The van der Waals surface area contributed by atoms with Gasteiger partial charge in [0.25, 0.3) is 5.91 Å². The summed E-state index contributed by atoms with van der Waals surface area (Å²) in [4.78, 5) is 37.2. The number of amides is 2. The van der Waals surface area contributed by atoms with Crippen LogP contribution in [0.4, 0.5) is 11.4 Å². The molecule has 1 N–H and O–H groups in total. The highest BCUT2D eigenvalue weighted by molar-refractivity contribution is 8.02. The first-order valence-corrected chi connectivity index (χ1v) is 11.2. The van der Waals surface area contributed by atoms with E-state index in [0.717, 1.165) is 26.7 Å². The highest BCUT2D eigenvalue weighted by Gasteiger charge is 2.57. The molecule has 150 valence electrons. The van der Waals surface area contributed by atoms with Crippen LogP contribution in [0.25, 0.3) is 0 Å². The molecule has 3 heterocycles. The van der Waals surface area contributed by atoms with Crippen LogP contribution in [0.5, 0.6) is 0 Å². The van der Waals surface area contributed by atoms with Crippen LogP contribution in [-0.4, -0.2) is 26.7 Å². The number of nitrogens with one attached hydrogen (secondary N) is 1. The van der Waals surface area contributed by atoms with Crippen molar-refractivity contribution in [3.05, 3.63) is 66.5 Å². The zero-order valence-electron chi connectivity index (χ0n) is 16.2. The second kappa shape index (κ2) is 7.45. The molecule has 2 amide bonds. The Morgan fingerprint density at radius 1 is 1.17 bits per heavy atom. The molecular weight excluding hydrogens is 416 g/mol. The molecule has 1 atom stereocenters. The Kier molecular flexibility index (Phi) is 4.75. The van der Waals surface area contributed by atoms with Crippen LogP contribution in [0.3, 0.4) is 0 Å². The molecule has 1 unspecified atom stereocenters. The van der Waals surface area contributed by atoms with E-state index in [9.17, 15) is 9.59 Å². The number of aromatic nitrogens is 2. The molecule has 2 aromatic carbocycles. The van der Waals surface area contributed by atoms with Gasteiger partial charge in [-0.2, -0.15) is 0 Å². The summed E-state index contributed by atoms with van der Waals surface area (Å²) in [6.45, 7) is 1.96. The summed E-state index contributed by atoms with van der Waals surface area (Å²) in [6, 6.07) is 15.3. The summed E-state index contributed by atoms with van der Waals surface area (Å²) in [7, 11) is 0. The van der Waals surface area contributed by atoms with Gasteiger partial charge in [0.2, 0.25) is 5.91 Å². The summed E-state index contributed by atoms with van der Waals surface area (Å²) in [5.74, 6) is -0.168. The number of aryl methyl sites for hydroxylation is 1. The van der Waals surface area contributed by atoms with Crippen LogP contribution in [-0.2, 0) is 9.59 Å². The smallest absolute Gasteiger partial charge is 0.261 e. The predicted molar refractivity (Wildman–Crippen MR) is 118 cm³/mol. The summed E-state index contributed by atoms with van der Waals surface area (Å²) in [5.41, 5.74) is 2.51. The topological polar surface area (TPSA) is 75.2 Å². The van der Waals surface area contributed by atoms with Crippen LogP contribution in [0.2, 0.25) is 0 Å². The van der Waals surface area contributed by atoms with Crippen molar-refractivity contribution in [2.45, 2.75) is 39.6 Å². The first kappa shape index (κ1) is 19.1. The van der Waals surface area contributed by atoms with Gasteiger partial charge in [-0.3, -0.25) is 14.5 Å². The number of carbonyl (C=O) groups excluding carboxylic acids is 2. The van der Waals surface area contributed by atoms with Crippen molar-refractivity contribution in [2.75, 3.05) is 10.2 Å². The number of para-hydroxylation sites is 1. The first-order valence-electron chi connectivity index (χ1n) is 9.55. The first-order chi connectivity index (χ1) is 14.6. The van der Waals surface area contributed by atoms with E-state index in [1.807, 2.05) is 49.4 Å². The molecule has 1 saturated heterocycles. The van der Waals surface area contributed by atoms with Gasteiger partial charge in [0.05, 0.1) is 5.69 Å². The van der Waals surface area contributed by atoms with Gasteiger partial charge >= 0.3 is 0 Å². The minimum Gasteiger partial charge on any atom is -0.323 e. The Balaban J connectivity index is 1.38. The maximum atomic E-state index is 13.4. The number of rotatable bonds is 4. The third-order valence-electron chi connectivity index (χ3n) is 5.23. The molecule has 30 heavy (non-hydrogen) atoms. The highest BCUT2D eigenvalue weighted by atomic mass is 32.2. The third kappa shape index (κ3) is 3.16. The number of thioether (sulfide) groups is 1. The van der Waals surface area contributed by atoms with Crippen molar-refractivity contribution >= 4 is 46.7 Å². The number of hydrogen-bond acceptors (Lipinski definition) is 6. The zero-order chi connectivity index (χ0) is 20.7. The van der Waals surface area contributed by atoms with E-state index >= 15 is 0 Å². The van der Waals surface area contributed by atoms with Crippen LogP contribution in [0, 0.1) is 6.92 Å². The Morgan fingerprint density at radius 2 is 1.97 bits per heavy atom. The summed E-state index contributed by atoms with van der Waals surface area (Å²) >= 11 is 2.94. The minimum absolute atomic E-state index is 0.00562. The van der Waals surface area contributed by atoms with E-state index in [2.05, 4.69) is 15.3 Å². The monoisotopic (exact) mass is 434 g/mol. The predicted octanol–water partition coefficient (Wildman–Crippen LogP) is 4.50. The quantitative estimate of drug-likeness (QED) is 0.609. The molecule has 5 rings (SSSR count). The average Bonchev–Trinajstić information content (AvgIpc) is 3.26. The highest BCUT2D eigenvalue weighted by Crippen LogP contribution is 2.56. The molecule has 2 aliphatic rings. The molecule has 0 spiro atoms. The Hall–Kier alpha value is -2.84. The summed E-state index contributed by atoms with van der Waals surface area (Å²) in [6.07, 6.45) is 4.29. The zero-order valence-corrected chi connectivity index (χ0v) is 17.8. The van der Waals surface area contributed by atoms with Crippen molar-refractivity contribution in [1.29, 1.82) is 0 Å². The fourth-order valence-corrected chi connectivity index (χ4v) is 6.03. The van der Waals surface area contributed by atoms with Crippen LogP contribution in [0.15, 0.2) is 75.9 Å². The van der Waals surface area contributed by atoms with E-state index in [1.165, 1.54) is 23.5 Å². The molecule has 6 nitrogen and oxygen atoms in total. The van der Waals surface area contributed by atoms with Gasteiger partial charge in [-0.15, -0.1) is 0 Å². The van der Waals surface area contributed by atoms with Crippen molar-refractivity contribution < 1.29 is 9.59 Å².